The fourth-order valence-corrected chi connectivity index (χ4v) is 3.95. The maximum atomic E-state index is 13.8. The minimum atomic E-state index is -0.616. The number of piperidine rings is 1. The summed E-state index contributed by atoms with van der Waals surface area (Å²) in [5, 5.41) is 3.14. The molecule has 4 nitrogen and oxygen atoms in total. The van der Waals surface area contributed by atoms with Crippen molar-refractivity contribution in [2.75, 3.05) is 13.1 Å². The Morgan fingerprint density at radius 3 is 2.40 bits per heavy atom. The zero-order chi connectivity index (χ0) is 17.8. The van der Waals surface area contributed by atoms with Gasteiger partial charge < -0.3 is 10.2 Å². The molecule has 1 aromatic rings. The van der Waals surface area contributed by atoms with Crippen LogP contribution in [0.25, 0.3) is 0 Å². The second kappa shape index (κ2) is 8.17. The second-order valence-electron chi connectivity index (χ2n) is 7.03. The number of hydrogen-bond donors (Lipinski definition) is 1. The summed E-state index contributed by atoms with van der Waals surface area (Å²) < 4.78 is 13.8. The molecule has 1 saturated carbocycles. The molecule has 25 heavy (non-hydrogen) atoms. The summed E-state index contributed by atoms with van der Waals surface area (Å²) in [5.74, 6) is -0.586. The topological polar surface area (TPSA) is 49.4 Å². The third-order valence-corrected chi connectivity index (χ3v) is 5.51. The zero-order valence-electron chi connectivity index (χ0n) is 14.3. The number of halogens is 2. The van der Waals surface area contributed by atoms with Gasteiger partial charge in [0.1, 0.15) is 5.82 Å². The summed E-state index contributed by atoms with van der Waals surface area (Å²) >= 11 is 5.71. The van der Waals surface area contributed by atoms with Gasteiger partial charge in [0.2, 0.25) is 5.91 Å². The number of benzene rings is 1. The second-order valence-corrected chi connectivity index (χ2v) is 7.47. The van der Waals surface area contributed by atoms with Crippen LogP contribution in [0.1, 0.15) is 55.3 Å². The van der Waals surface area contributed by atoms with Crippen LogP contribution in [0.5, 0.6) is 0 Å². The fraction of sp³-hybridized carbons (Fsp3) is 0.579. The van der Waals surface area contributed by atoms with Crippen molar-refractivity contribution in [1.82, 2.24) is 10.2 Å². The molecule has 0 spiro atoms. The SMILES string of the molecule is O=C(NC1CCN(C(=O)C2CCCCC2)CC1)c1ccc(Cl)cc1F. The third-order valence-electron chi connectivity index (χ3n) is 5.27. The van der Waals surface area contributed by atoms with Crippen molar-refractivity contribution in [3.05, 3.63) is 34.6 Å². The first-order chi connectivity index (χ1) is 12.0. The van der Waals surface area contributed by atoms with Crippen LogP contribution in [0, 0.1) is 11.7 Å². The van der Waals surface area contributed by atoms with E-state index in [0.29, 0.717) is 25.9 Å². The van der Waals surface area contributed by atoms with Crippen molar-refractivity contribution in [1.29, 1.82) is 0 Å². The molecule has 2 aliphatic rings. The van der Waals surface area contributed by atoms with Gasteiger partial charge in [-0.05, 0) is 43.9 Å². The minimum absolute atomic E-state index is 0.00473. The smallest absolute Gasteiger partial charge is 0.254 e. The molecule has 1 heterocycles. The molecular weight excluding hydrogens is 343 g/mol. The molecule has 1 aliphatic carbocycles. The molecule has 1 aromatic carbocycles. The van der Waals surface area contributed by atoms with Crippen molar-refractivity contribution < 1.29 is 14.0 Å². The van der Waals surface area contributed by atoms with Crippen molar-refractivity contribution in [3.8, 4) is 0 Å². The van der Waals surface area contributed by atoms with Gasteiger partial charge in [0.15, 0.2) is 0 Å². The van der Waals surface area contributed by atoms with Gasteiger partial charge in [-0.1, -0.05) is 30.9 Å². The van der Waals surface area contributed by atoms with Crippen molar-refractivity contribution in [2.45, 2.75) is 51.0 Å². The lowest BCUT2D eigenvalue weighted by atomic mass is 9.87. The molecule has 0 atom stereocenters. The molecule has 2 fully saturated rings. The van der Waals surface area contributed by atoms with Crippen LogP contribution in [0.15, 0.2) is 18.2 Å². The van der Waals surface area contributed by atoms with Crippen molar-refractivity contribution in [2.24, 2.45) is 5.92 Å². The first-order valence-corrected chi connectivity index (χ1v) is 9.47. The monoisotopic (exact) mass is 366 g/mol. The van der Waals surface area contributed by atoms with E-state index >= 15 is 0 Å². The Morgan fingerprint density at radius 2 is 1.76 bits per heavy atom. The van der Waals surface area contributed by atoms with Crippen LogP contribution in [0.2, 0.25) is 5.02 Å². The summed E-state index contributed by atoms with van der Waals surface area (Å²) in [4.78, 5) is 26.7. The van der Waals surface area contributed by atoms with Gasteiger partial charge in [-0.2, -0.15) is 0 Å². The average Bonchev–Trinajstić information content (AvgIpc) is 2.62. The zero-order valence-corrected chi connectivity index (χ0v) is 15.0. The number of nitrogens with zero attached hydrogens (tertiary/aromatic N) is 1. The molecule has 3 rings (SSSR count). The highest BCUT2D eigenvalue weighted by molar-refractivity contribution is 6.30. The number of amides is 2. The maximum Gasteiger partial charge on any atom is 0.254 e. The van der Waals surface area contributed by atoms with Gasteiger partial charge in [0.05, 0.1) is 5.56 Å². The molecular formula is C19H24ClFN2O2. The van der Waals surface area contributed by atoms with Crippen molar-refractivity contribution in [3.63, 3.8) is 0 Å². The predicted molar refractivity (Wildman–Crippen MR) is 95.1 cm³/mol. The van der Waals surface area contributed by atoms with Crippen LogP contribution < -0.4 is 5.32 Å². The van der Waals surface area contributed by atoms with E-state index in [1.807, 2.05) is 4.90 Å². The van der Waals surface area contributed by atoms with E-state index < -0.39 is 11.7 Å². The summed E-state index contributed by atoms with van der Waals surface area (Å²) in [6.07, 6.45) is 6.96. The highest BCUT2D eigenvalue weighted by Crippen LogP contribution is 2.26. The Balaban J connectivity index is 1.50. The molecule has 136 valence electrons. The number of likely N-dealkylation sites (tertiary alicyclic amines) is 1. The predicted octanol–water partition coefficient (Wildman–Crippen LogP) is 3.78. The molecule has 0 radical (unpaired) electrons. The van der Waals surface area contributed by atoms with E-state index in [2.05, 4.69) is 5.32 Å². The quantitative estimate of drug-likeness (QED) is 0.885. The maximum absolute atomic E-state index is 13.8. The minimum Gasteiger partial charge on any atom is -0.349 e. The third kappa shape index (κ3) is 4.51. The largest absolute Gasteiger partial charge is 0.349 e. The lowest BCUT2D eigenvalue weighted by molar-refractivity contribution is -0.137. The lowest BCUT2D eigenvalue weighted by Crippen LogP contribution is -2.48. The fourth-order valence-electron chi connectivity index (χ4n) is 3.79. The van der Waals surface area contributed by atoms with Crippen molar-refractivity contribution >= 4 is 23.4 Å². The molecule has 1 N–H and O–H groups in total. The van der Waals surface area contributed by atoms with Crippen LogP contribution in [-0.4, -0.2) is 35.8 Å². The molecule has 0 unspecified atom stereocenters. The summed E-state index contributed by atoms with van der Waals surface area (Å²) in [6.45, 7) is 1.31. The first kappa shape index (κ1) is 18.2. The number of rotatable bonds is 3. The number of nitrogens with one attached hydrogen (secondary N) is 1. The van der Waals surface area contributed by atoms with E-state index in [0.717, 1.165) is 31.7 Å². The average molecular weight is 367 g/mol. The van der Waals surface area contributed by atoms with Gasteiger partial charge in [-0.25, -0.2) is 4.39 Å². The number of carbonyl (C=O) groups excluding carboxylic acids is 2. The van der Waals surface area contributed by atoms with E-state index in [1.54, 1.807) is 0 Å². The normalized spacial score (nSPS) is 19.7. The van der Waals surface area contributed by atoms with Gasteiger partial charge in [0, 0.05) is 30.1 Å². The van der Waals surface area contributed by atoms with Crippen LogP contribution in [-0.2, 0) is 4.79 Å². The lowest BCUT2D eigenvalue weighted by Gasteiger charge is -2.35. The molecule has 0 aromatic heterocycles. The molecule has 2 amide bonds. The Bertz CT molecular complexity index is 638. The number of hydrogen-bond acceptors (Lipinski definition) is 2. The highest BCUT2D eigenvalue weighted by Gasteiger charge is 2.29. The van der Waals surface area contributed by atoms with Gasteiger partial charge in [-0.3, -0.25) is 9.59 Å². The van der Waals surface area contributed by atoms with Crippen LogP contribution in [0.3, 0.4) is 0 Å². The first-order valence-electron chi connectivity index (χ1n) is 9.09. The summed E-state index contributed by atoms with van der Waals surface area (Å²) in [5.41, 5.74) is 0.00473. The Kier molecular flexibility index (Phi) is 5.94. The van der Waals surface area contributed by atoms with E-state index in [4.69, 9.17) is 11.6 Å². The summed E-state index contributed by atoms with van der Waals surface area (Å²) in [7, 11) is 0. The molecule has 1 saturated heterocycles. The molecule has 0 bridgehead atoms. The molecule has 6 heteroatoms. The van der Waals surface area contributed by atoms with Gasteiger partial charge >= 0.3 is 0 Å². The van der Waals surface area contributed by atoms with Gasteiger partial charge in [-0.15, -0.1) is 0 Å². The Morgan fingerprint density at radius 1 is 1.08 bits per heavy atom. The van der Waals surface area contributed by atoms with E-state index in [1.165, 1.54) is 18.6 Å². The van der Waals surface area contributed by atoms with Crippen LogP contribution in [0.4, 0.5) is 4.39 Å². The van der Waals surface area contributed by atoms with E-state index in [-0.39, 0.29) is 28.5 Å². The van der Waals surface area contributed by atoms with E-state index in [9.17, 15) is 14.0 Å². The molecule has 1 aliphatic heterocycles. The van der Waals surface area contributed by atoms with Gasteiger partial charge in [0.25, 0.3) is 5.91 Å². The Labute approximate surface area is 152 Å². The standard InChI is InChI=1S/C19H24ClFN2O2/c20-14-6-7-16(17(21)12-14)18(24)22-15-8-10-23(11-9-15)19(25)13-4-2-1-3-5-13/h6-7,12-13,15H,1-5,8-11H2,(H,22,24). The van der Waals surface area contributed by atoms with Crippen LogP contribution >= 0.6 is 11.6 Å². The highest BCUT2D eigenvalue weighted by atomic mass is 35.5. The Hall–Kier alpha value is -1.62. The summed E-state index contributed by atoms with van der Waals surface area (Å²) in [6, 6.07) is 4.01. The number of carbonyl (C=O) groups is 2.